The van der Waals surface area contributed by atoms with Crippen LogP contribution >= 0.6 is 0 Å². The summed E-state index contributed by atoms with van der Waals surface area (Å²) in [7, 11) is 0. The molecule has 1 fully saturated rings. The minimum atomic E-state index is -0.323. The summed E-state index contributed by atoms with van der Waals surface area (Å²) >= 11 is 0. The Hall–Kier alpha value is -3.94. The molecule has 4 aromatic rings. The Labute approximate surface area is 171 Å². The molecule has 3 aromatic heterocycles. The van der Waals surface area contributed by atoms with Crippen LogP contribution in [-0.4, -0.2) is 22.0 Å². The molecule has 3 heterocycles. The molecule has 0 bridgehead atoms. The summed E-state index contributed by atoms with van der Waals surface area (Å²) in [6.07, 6.45) is 3.43. The van der Waals surface area contributed by atoms with Crippen molar-refractivity contribution in [3.63, 3.8) is 0 Å². The quantitative estimate of drug-likeness (QED) is 0.512. The fourth-order valence-electron chi connectivity index (χ4n) is 3.25. The average molecular weight is 402 g/mol. The van der Waals surface area contributed by atoms with Gasteiger partial charge in [-0.2, -0.15) is 0 Å². The standard InChI is InChI=1S/C22H18N4O4/c1-12-19-16(11-17(18-3-2-10-29-18)25-22(19)30-26-12)21(28)24-15-8-6-14(7-9-15)23-20(27)13-4-5-13/h2-3,6-11,13H,4-5H2,1H3,(H,23,27)(H,24,28). The van der Waals surface area contributed by atoms with Crippen LogP contribution in [0, 0.1) is 12.8 Å². The molecule has 8 nitrogen and oxygen atoms in total. The Kier molecular flexibility index (Phi) is 4.31. The van der Waals surface area contributed by atoms with Crippen molar-refractivity contribution in [2.45, 2.75) is 19.8 Å². The highest BCUT2D eigenvalue weighted by Crippen LogP contribution is 2.31. The van der Waals surface area contributed by atoms with Gasteiger partial charge in [0.1, 0.15) is 5.69 Å². The van der Waals surface area contributed by atoms with Gasteiger partial charge in [0.05, 0.1) is 22.9 Å². The van der Waals surface area contributed by atoms with Crippen molar-refractivity contribution in [1.82, 2.24) is 10.1 Å². The third kappa shape index (κ3) is 3.43. The summed E-state index contributed by atoms with van der Waals surface area (Å²) in [5.41, 5.74) is 3.01. The minimum Gasteiger partial charge on any atom is -0.463 e. The fourth-order valence-corrected chi connectivity index (χ4v) is 3.25. The van der Waals surface area contributed by atoms with E-state index in [4.69, 9.17) is 8.94 Å². The molecule has 8 heteroatoms. The first-order valence-corrected chi connectivity index (χ1v) is 9.61. The molecule has 1 saturated carbocycles. The molecular weight excluding hydrogens is 384 g/mol. The second-order valence-corrected chi connectivity index (χ2v) is 7.28. The second kappa shape index (κ2) is 7.14. The Bertz CT molecular complexity index is 1240. The maximum absolute atomic E-state index is 13.1. The van der Waals surface area contributed by atoms with E-state index in [1.807, 2.05) is 0 Å². The van der Waals surface area contributed by atoms with Crippen molar-refractivity contribution >= 4 is 34.3 Å². The number of furan rings is 1. The molecule has 5 rings (SSSR count). The number of hydrogen-bond donors (Lipinski definition) is 2. The summed E-state index contributed by atoms with van der Waals surface area (Å²) in [6, 6.07) is 12.2. The van der Waals surface area contributed by atoms with E-state index >= 15 is 0 Å². The summed E-state index contributed by atoms with van der Waals surface area (Å²) < 4.78 is 10.7. The average Bonchev–Trinajstić information content (AvgIpc) is 3.33. The Morgan fingerprint density at radius 2 is 1.80 bits per heavy atom. The van der Waals surface area contributed by atoms with Crippen LogP contribution in [0.15, 0.2) is 57.7 Å². The van der Waals surface area contributed by atoms with Gasteiger partial charge in [-0.25, -0.2) is 4.98 Å². The number of nitrogens with zero attached hydrogens (tertiary/aromatic N) is 2. The van der Waals surface area contributed by atoms with E-state index < -0.39 is 0 Å². The van der Waals surface area contributed by atoms with Crippen molar-refractivity contribution in [1.29, 1.82) is 0 Å². The lowest BCUT2D eigenvalue weighted by atomic mass is 10.1. The van der Waals surface area contributed by atoms with Gasteiger partial charge in [0.2, 0.25) is 5.91 Å². The van der Waals surface area contributed by atoms with Crippen LogP contribution in [0.5, 0.6) is 0 Å². The molecule has 150 valence electrons. The summed E-state index contributed by atoms with van der Waals surface area (Å²) in [5.74, 6) is 0.375. The molecule has 1 aliphatic carbocycles. The highest BCUT2D eigenvalue weighted by molar-refractivity contribution is 6.13. The molecule has 0 spiro atoms. The number of anilines is 2. The van der Waals surface area contributed by atoms with Gasteiger partial charge in [-0.3, -0.25) is 9.59 Å². The molecule has 0 aliphatic heterocycles. The van der Waals surface area contributed by atoms with Crippen LogP contribution in [0.4, 0.5) is 11.4 Å². The Morgan fingerprint density at radius 1 is 1.07 bits per heavy atom. The van der Waals surface area contributed by atoms with Gasteiger partial charge in [-0.15, -0.1) is 0 Å². The van der Waals surface area contributed by atoms with Crippen LogP contribution in [0.3, 0.4) is 0 Å². The fraction of sp³-hybridized carbons (Fsp3) is 0.182. The normalized spacial score (nSPS) is 13.4. The first-order valence-electron chi connectivity index (χ1n) is 9.61. The van der Waals surface area contributed by atoms with Gasteiger partial charge in [0.15, 0.2) is 5.76 Å². The van der Waals surface area contributed by atoms with E-state index in [9.17, 15) is 9.59 Å². The highest BCUT2D eigenvalue weighted by Gasteiger charge is 2.29. The summed E-state index contributed by atoms with van der Waals surface area (Å²) in [6.45, 7) is 1.76. The van der Waals surface area contributed by atoms with Crippen molar-refractivity contribution in [2.24, 2.45) is 5.92 Å². The second-order valence-electron chi connectivity index (χ2n) is 7.28. The third-order valence-corrected chi connectivity index (χ3v) is 4.99. The molecular formula is C22H18N4O4. The predicted molar refractivity (Wildman–Crippen MR) is 110 cm³/mol. The van der Waals surface area contributed by atoms with E-state index in [0.717, 1.165) is 12.8 Å². The summed E-state index contributed by atoms with van der Waals surface area (Å²) in [4.78, 5) is 29.3. The number of aromatic nitrogens is 2. The topological polar surface area (TPSA) is 110 Å². The number of aryl methyl sites for hydroxylation is 1. The Balaban J connectivity index is 1.41. The largest absolute Gasteiger partial charge is 0.463 e. The first kappa shape index (κ1) is 18.1. The molecule has 0 radical (unpaired) electrons. The molecule has 0 atom stereocenters. The number of rotatable bonds is 5. The Morgan fingerprint density at radius 3 is 2.47 bits per heavy atom. The zero-order valence-electron chi connectivity index (χ0n) is 16.1. The SMILES string of the molecule is Cc1noc2nc(-c3ccco3)cc(C(=O)Nc3ccc(NC(=O)C4CC4)cc3)c12. The number of nitrogens with one attached hydrogen (secondary N) is 2. The van der Waals surface area contributed by atoms with Gasteiger partial charge < -0.3 is 19.6 Å². The van der Waals surface area contributed by atoms with E-state index in [0.29, 0.717) is 39.5 Å². The zero-order valence-corrected chi connectivity index (χ0v) is 16.1. The van der Waals surface area contributed by atoms with Crippen molar-refractivity contribution < 1.29 is 18.5 Å². The van der Waals surface area contributed by atoms with E-state index in [1.54, 1.807) is 49.4 Å². The number of hydrogen-bond acceptors (Lipinski definition) is 6. The van der Waals surface area contributed by atoms with Gasteiger partial charge in [0, 0.05) is 17.3 Å². The molecule has 0 unspecified atom stereocenters. The highest BCUT2D eigenvalue weighted by atomic mass is 16.5. The van der Waals surface area contributed by atoms with Gasteiger partial charge >= 0.3 is 0 Å². The maximum atomic E-state index is 13.1. The van der Waals surface area contributed by atoms with Crippen molar-refractivity contribution in [3.05, 3.63) is 60.0 Å². The van der Waals surface area contributed by atoms with Gasteiger partial charge in [-0.1, -0.05) is 5.16 Å². The lowest BCUT2D eigenvalue weighted by molar-refractivity contribution is -0.117. The molecule has 2 N–H and O–H groups in total. The first-order chi connectivity index (χ1) is 14.6. The van der Waals surface area contributed by atoms with Crippen LogP contribution in [-0.2, 0) is 4.79 Å². The van der Waals surface area contributed by atoms with Crippen LogP contribution in [0.2, 0.25) is 0 Å². The van der Waals surface area contributed by atoms with E-state index in [1.165, 1.54) is 6.26 Å². The molecule has 1 aliphatic rings. The number of amides is 2. The van der Waals surface area contributed by atoms with Crippen molar-refractivity contribution in [3.8, 4) is 11.5 Å². The van der Waals surface area contributed by atoms with Crippen LogP contribution in [0.25, 0.3) is 22.6 Å². The lowest BCUT2D eigenvalue weighted by Gasteiger charge is -2.09. The molecule has 30 heavy (non-hydrogen) atoms. The third-order valence-electron chi connectivity index (χ3n) is 4.99. The molecule has 1 aromatic carbocycles. The van der Waals surface area contributed by atoms with Gasteiger partial charge in [-0.05, 0) is 62.2 Å². The van der Waals surface area contributed by atoms with E-state index in [2.05, 4.69) is 20.8 Å². The zero-order chi connectivity index (χ0) is 20.7. The van der Waals surface area contributed by atoms with Crippen LogP contribution < -0.4 is 10.6 Å². The number of fused-ring (bicyclic) bond motifs is 1. The number of carbonyl (C=O) groups excluding carboxylic acids is 2. The monoisotopic (exact) mass is 402 g/mol. The number of carbonyl (C=O) groups is 2. The predicted octanol–water partition coefficient (Wildman–Crippen LogP) is 4.39. The minimum absolute atomic E-state index is 0.0411. The summed E-state index contributed by atoms with van der Waals surface area (Å²) in [5, 5.41) is 10.2. The lowest BCUT2D eigenvalue weighted by Crippen LogP contribution is -2.14. The van der Waals surface area contributed by atoms with Gasteiger partial charge in [0.25, 0.3) is 11.6 Å². The maximum Gasteiger partial charge on any atom is 0.259 e. The molecule has 2 amide bonds. The number of benzene rings is 1. The smallest absolute Gasteiger partial charge is 0.259 e. The van der Waals surface area contributed by atoms with Crippen LogP contribution in [0.1, 0.15) is 28.9 Å². The number of pyridine rings is 1. The molecule has 0 saturated heterocycles. The van der Waals surface area contributed by atoms with Crippen molar-refractivity contribution in [2.75, 3.05) is 10.6 Å². The van der Waals surface area contributed by atoms with E-state index in [-0.39, 0.29) is 23.4 Å².